The minimum Gasteiger partial charge on any atom is -0.481 e. The standard InChI is InChI=1S/C14H19NO4/c1-4-19-14(18)10(3)15-12-7-5-11(6-8-12)9(2)13(16)17/h5-10,15H,4H2,1-3H3,(H,16,17). The Bertz CT molecular complexity index is 441. The molecule has 19 heavy (non-hydrogen) atoms. The van der Waals surface area contributed by atoms with Crippen molar-refractivity contribution in [2.24, 2.45) is 0 Å². The summed E-state index contributed by atoms with van der Waals surface area (Å²) in [5.74, 6) is -1.72. The minimum atomic E-state index is -0.861. The molecule has 5 heteroatoms. The van der Waals surface area contributed by atoms with Crippen LogP contribution in [0.2, 0.25) is 0 Å². The van der Waals surface area contributed by atoms with E-state index in [1.807, 2.05) is 0 Å². The number of hydrogen-bond acceptors (Lipinski definition) is 4. The van der Waals surface area contributed by atoms with Gasteiger partial charge in [-0.2, -0.15) is 0 Å². The Morgan fingerprint density at radius 3 is 2.32 bits per heavy atom. The number of rotatable bonds is 6. The molecule has 0 bridgehead atoms. The molecule has 0 heterocycles. The van der Waals surface area contributed by atoms with Crippen LogP contribution in [0.1, 0.15) is 32.3 Å². The molecule has 0 aromatic heterocycles. The highest BCUT2D eigenvalue weighted by molar-refractivity contribution is 5.79. The van der Waals surface area contributed by atoms with Gasteiger partial charge in [-0.3, -0.25) is 4.79 Å². The molecule has 1 aromatic carbocycles. The summed E-state index contributed by atoms with van der Waals surface area (Å²) in [5.41, 5.74) is 1.48. The Hall–Kier alpha value is -2.04. The van der Waals surface area contributed by atoms with Crippen LogP contribution in [0.3, 0.4) is 0 Å². The third-order valence-corrected chi connectivity index (χ3v) is 2.80. The topological polar surface area (TPSA) is 75.6 Å². The number of carbonyl (C=O) groups is 2. The van der Waals surface area contributed by atoms with Crippen molar-refractivity contribution in [3.8, 4) is 0 Å². The summed E-state index contributed by atoms with van der Waals surface area (Å²) in [7, 11) is 0. The molecule has 0 fully saturated rings. The van der Waals surface area contributed by atoms with Crippen LogP contribution in [0.15, 0.2) is 24.3 Å². The predicted molar refractivity (Wildman–Crippen MR) is 72.2 cm³/mol. The van der Waals surface area contributed by atoms with E-state index in [-0.39, 0.29) is 5.97 Å². The maximum absolute atomic E-state index is 11.4. The summed E-state index contributed by atoms with van der Waals surface area (Å²) in [5, 5.41) is 11.9. The second kappa shape index (κ2) is 6.78. The molecule has 0 aliphatic carbocycles. The first-order valence-electron chi connectivity index (χ1n) is 6.21. The van der Waals surface area contributed by atoms with Gasteiger partial charge in [0.15, 0.2) is 0 Å². The number of hydrogen-bond donors (Lipinski definition) is 2. The fourth-order valence-corrected chi connectivity index (χ4v) is 1.59. The van der Waals surface area contributed by atoms with Gasteiger partial charge < -0.3 is 15.2 Å². The van der Waals surface area contributed by atoms with E-state index in [4.69, 9.17) is 9.84 Å². The van der Waals surface area contributed by atoms with Crippen LogP contribution < -0.4 is 5.32 Å². The zero-order chi connectivity index (χ0) is 14.4. The van der Waals surface area contributed by atoms with E-state index in [0.717, 1.165) is 11.3 Å². The van der Waals surface area contributed by atoms with Gasteiger partial charge in [-0.1, -0.05) is 12.1 Å². The summed E-state index contributed by atoms with van der Waals surface area (Å²) < 4.78 is 4.89. The third-order valence-electron chi connectivity index (χ3n) is 2.80. The first-order chi connectivity index (χ1) is 8.95. The number of nitrogens with one attached hydrogen (secondary N) is 1. The molecule has 0 spiro atoms. The monoisotopic (exact) mass is 265 g/mol. The average molecular weight is 265 g/mol. The van der Waals surface area contributed by atoms with E-state index >= 15 is 0 Å². The van der Waals surface area contributed by atoms with Crippen LogP contribution in [0, 0.1) is 0 Å². The van der Waals surface area contributed by atoms with Gasteiger partial charge in [0, 0.05) is 5.69 Å². The molecule has 2 unspecified atom stereocenters. The molecule has 0 saturated carbocycles. The maximum atomic E-state index is 11.4. The fraction of sp³-hybridized carbons (Fsp3) is 0.429. The van der Waals surface area contributed by atoms with Gasteiger partial charge in [0.2, 0.25) is 0 Å². The van der Waals surface area contributed by atoms with E-state index in [1.165, 1.54) is 0 Å². The van der Waals surface area contributed by atoms with Gasteiger partial charge >= 0.3 is 11.9 Å². The van der Waals surface area contributed by atoms with Gasteiger partial charge in [0.05, 0.1) is 12.5 Å². The van der Waals surface area contributed by atoms with Crippen LogP contribution in [-0.4, -0.2) is 29.7 Å². The van der Waals surface area contributed by atoms with Crippen molar-refractivity contribution in [2.45, 2.75) is 32.7 Å². The van der Waals surface area contributed by atoms with E-state index in [0.29, 0.717) is 6.61 Å². The van der Waals surface area contributed by atoms with Crippen LogP contribution in [-0.2, 0) is 14.3 Å². The van der Waals surface area contributed by atoms with Gasteiger partial charge in [0.1, 0.15) is 6.04 Å². The number of ether oxygens (including phenoxy) is 1. The number of carboxylic acids is 1. The van der Waals surface area contributed by atoms with Crippen molar-refractivity contribution in [1.82, 2.24) is 0 Å². The molecule has 1 rings (SSSR count). The Balaban J connectivity index is 2.67. The highest BCUT2D eigenvalue weighted by atomic mass is 16.5. The number of esters is 1. The van der Waals surface area contributed by atoms with Crippen molar-refractivity contribution >= 4 is 17.6 Å². The fourth-order valence-electron chi connectivity index (χ4n) is 1.59. The number of benzene rings is 1. The van der Waals surface area contributed by atoms with E-state index in [2.05, 4.69) is 5.32 Å². The highest BCUT2D eigenvalue weighted by Gasteiger charge is 2.15. The second-order valence-corrected chi connectivity index (χ2v) is 4.30. The smallest absolute Gasteiger partial charge is 0.328 e. The van der Waals surface area contributed by atoms with Gasteiger partial charge in [-0.05, 0) is 38.5 Å². The first kappa shape index (κ1) is 15.0. The highest BCUT2D eigenvalue weighted by Crippen LogP contribution is 2.18. The zero-order valence-electron chi connectivity index (χ0n) is 11.3. The van der Waals surface area contributed by atoms with Crippen LogP contribution in [0.25, 0.3) is 0 Å². The zero-order valence-corrected chi connectivity index (χ0v) is 11.3. The van der Waals surface area contributed by atoms with Crippen LogP contribution in [0.5, 0.6) is 0 Å². The quantitative estimate of drug-likeness (QED) is 0.771. The molecule has 1 aromatic rings. The van der Waals surface area contributed by atoms with Crippen LogP contribution in [0.4, 0.5) is 5.69 Å². The van der Waals surface area contributed by atoms with Crippen molar-refractivity contribution in [3.63, 3.8) is 0 Å². The van der Waals surface area contributed by atoms with E-state index in [1.54, 1.807) is 45.0 Å². The van der Waals surface area contributed by atoms with Gasteiger partial charge in [0.25, 0.3) is 0 Å². The third kappa shape index (κ3) is 4.28. The summed E-state index contributed by atoms with van der Waals surface area (Å²) in [6.07, 6.45) is 0. The molecule has 2 N–H and O–H groups in total. The predicted octanol–water partition coefficient (Wildman–Crippen LogP) is 2.24. The maximum Gasteiger partial charge on any atom is 0.328 e. The summed E-state index contributed by atoms with van der Waals surface area (Å²) in [4.78, 5) is 22.3. The van der Waals surface area contributed by atoms with Gasteiger partial charge in [-0.15, -0.1) is 0 Å². The Morgan fingerprint density at radius 1 is 1.26 bits per heavy atom. The Labute approximate surface area is 112 Å². The number of carbonyl (C=O) groups excluding carboxylic acids is 1. The summed E-state index contributed by atoms with van der Waals surface area (Å²) in [6, 6.07) is 6.54. The molecule has 104 valence electrons. The molecular weight excluding hydrogens is 246 g/mol. The number of anilines is 1. The van der Waals surface area contributed by atoms with Crippen molar-refractivity contribution in [1.29, 1.82) is 0 Å². The lowest BCUT2D eigenvalue weighted by molar-refractivity contribution is -0.143. The number of aliphatic carboxylic acids is 1. The largest absolute Gasteiger partial charge is 0.481 e. The second-order valence-electron chi connectivity index (χ2n) is 4.30. The van der Waals surface area contributed by atoms with Crippen molar-refractivity contribution < 1.29 is 19.4 Å². The summed E-state index contributed by atoms with van der Waals surface area (Å²) >= 11 is 0. The van der Waals surface area contributed by atoms with Crippen LogP contribution >= 0.6 is 0 Å². The molecule has 0 radical (unpaired) electrons. The lowest BCUT2D eigenvalue weighted by atomic mass is 10.0. The first-order valence-corrected chi connectivity index (χ1v) is 6.21. The lowest BCUT2D eigenvalue weighted by Gasteiger charge is -2.14. The Morgan fingerprint density at radius 2 is 1.84 bits per heavy atom. The molecule has 2 atom stereocenters. The normalized spacial score (nSPS) is 13.4. The average Bonchev–Trinajstić information content (AvgIpc) is 2.38. The van der Waals surface area contributed by atoms with Gasteiger partial charge in [-0.25, -0.2) is 4.79 Å². The molecule has 0 aliphatic rings. The molecule has 0 amide bonds. The van der Waals surface area contributed by atoms with E-state index in [9.17, 15) is 9.59 Å². The van der Waals surface area contributed by atoms with E-state index < -0.39 is 17.9 Å². The number of carboxylic acid groups (broad SMARTS) is 1. The molecular formula is C14H19NO4. The Kier molecular flexibility index (Phi) is 5.36. The molecule has 5 nitrogen and oxygen atoms in total. The summed E-state index contributed by atoms with van der Waals surface area (Å²) in [6.45, 7) is 5.45. The van der Waals surface area contributed by atoms with Crippen molar-refractivity contribution in [3.05, 3.63) is 29.8 Å². The van der Waals surface area contributed by atoms with Crippen molar-refractivity contribution in [2.75, 3.05) is 11.9 Å². The SMILES string of the molecule is CCOC(=O)C(C)Nc1ccc(C(C)C(=O)O)cc1. The molecule has 0 aliphatic heterocycles. The molecule has 0 saturated heterocycles. The minimum absolute atomic E-state index is 0.314. The lowest BCUT2D eigenvalue weighted by Crippen LogP contribution is -2.28.